The molecule has 0 radical (unpaired) electrons. The zero-order chi connectivity index (χ0) is 16.4. The average molecular weight is 327 g/mol. The predicted octanol–water partition coefficient (Wildman–Crippen LogP) is 3.91. The summed E-state index contributed by atoms with van der Waals surface area (Å²) in [6.45, 7) is 5.05. The van der Waals surface area contributed by atoms with E-state index in [0.29, 0.717) is 12.5 Å². The molecular weight excluding hydrogens is 306 g/mol. The largest absolute Gasteiger partial charge is 0.395 e. The van der Waals surface area contributed by atoms with E-state index in [2.05, 4.69) is 53.5 Å². The molecule has 0 aliphatic carbocycles. The van der Waals surface area contributed by atoms with Crippen LogP contribution in [0.1, 0.15) is 25.3 Å². The van der Waals surface area contributed by atoms with E-state index in [1.807, 2.05) is 11.9 Å². The van der Waals surface area contributed by atoms with Gasteiger partial charge in [-0.1, -0.05) is 38.1 Å². The van der Waals surface area contributed by atoms with Gasteiger partial charge in [-0.05, 0) is 17.0 Å². The van der Waals surface area contributed by atoms with Crippen molar-refractivity contribution in [2.75, 3.05) is 25.1 Å². The number of anilines is 1. The monoisotopic (exact) mass is 327 g/mol. The quantitative estimate of drug-likeness (QED) is 0.772. The maximum atomic E-state index is 9.21. The lowest BCUT2D eigenvalue weighted by Crippen LogP contribution is -2.22. The number of aliphatic hydroxyl groups excluding tert-OH is 1. The van der Waals surface area contributed by atoms with Gasteiger partial charge in [-0.15, -0.1) is 11.3 Å². The second kappa shape index (κ2) is 6.64. The molecule has 0 fully saturated rings. The molecule has 1 N–H and O–H groups in total. The number of rotatable bonds is 5. The summed E-state index contributed by atoms with van der Waals surface area (Å²) in [5, 5.41) is 12.4. The molecule has 2 aromatic heterocycles. The van der Waals surface area contributed by atoms with Crippen LogP contribution in [0.15, 0.2) is 36.0 Å². The Morgan fingerprint density at radius 2 is 1.91 bits per heavy atom. The Kier molecular flexibility index (Phi) is 4.59. The first-order valence-electron chi connectivity index (χ1n) is 7.76. The number of hydrogen-bond acceptors (Lipinski definition) is 5. The second-order valence-electron chi connectivity index (χ2n) is 5.95. The van der Waals surface area contributed by atoms with Crippen molar-refractivity contribution in [1.82, 2.24) is 9.97 Å². The lowest BCUT2D eigenvalue weighted by atomic mass is 9.99. The van der Waals surface area contributed by atoms with E-state index in [1.165, 1.54) is 11.1 Å². The molecule has 0 atom stereocenters. The minimum absolute atomic E-state index is 0.102. The van der Waals surface area contributed by atoms with Crippen LogP contribution in [-0.2, 0) is 0 Å². The summed E-state index contributed by atoms with van der Waals surface area (Å²) in [5.74, 6) is 1.39. The highest BCUT2D eigenvalue weighted by atomic mass is 32.1. The van der Waals surface area contributed by atoms with Crippen molar-refractivity contribution in [2.45, 2.75) is 19.8 Å². The summed E-state index contributed by atoms with van der Waals surface area (Å²) >= 11 is 1.63. The molecular formula is C18H21N3OS. The molecule has 0 amide bonds. The molecule has 1 aromatic carbocycles. The second-order valence-corrected chi connectivity index (χ2v) is 6.81. The first kappa shape index (κ1) is 15.9. The molecule has 4 nitrogen and oxygen atoms in total. The number of benzene rings is 1. The smallest absolute Gasteiger partial charge is 0.141 e. The average Bonchev–Trinajstić information content (AvgIpc) is 2.99. The van der Waals surface area contributed by atoms with Crippen LogP contribution >= 0.6 is 11.3 Å². The van der Waals surface area contributed by atoms with E-state index in [1.54, 1.807) is 17.7 Å². The van der Waals surface area contributed by atoms with Crippen LogP contribution in [0.5, 0.6) is 0 Å². The molecule has 0 aliphatic heterocycles. The highest BCUT2D eigenvalue weighted by Gasteiger charge is 2.15. The highest BCUT2D eigenvalue weighted by molar-refractivity contribution is 7.17. The third kappa shape index (κ3) is 3.07. The maximum Gasteiger partial charge on any atom is 0.141 e. The van der Waals surface area contributed by atoms with E-state index < -0.39 is 0 Å². The summed E-state index contributed by atoms with van der Waals surface area (Å²) in [6.07, 6.45) is 1.59. The first-order valence-corrected chi connectivity index (χ1v) is 8.64. The maximum absolute atomic E-state index is 9.21. The summed E-state index contributed by atoms with van der Waals surface area (Å²) in [6, 6.07) is 8.70. The van der Waals surface area contributed by atoms with Crippen molar-refractivity contribution < 1.29 is 5.11 Å². The Bertz CT molecular complexity index is 796. The minimum atomic E-state index is 0.102. The minimum Gasteiger partial charge on any atom is -0.395 e. The molecule has 0 saturated heterocycles. The van der Waals surface area contributed by atoms with Crippen LogP contribution in [0.4, 0.5) is 5.82 Å². The number of aliphatic hydroxyl groups is 1. The van der Waals surface area contributed by atoms with Crippen LogP contribution in [-0.4, -0.2) is 35.3 Å². The molecule has 0 spiro atoms. The molecule has 0 saturated carbocycles. The standard InChI is InChI=1S/C18H21N3OS/c1-12(2)13-4-6-14(7-5-13)15-10-23-18-16(15)17(19-11-20-18)21(3)8-9-22/h4-7,10-12,22H,8-9H2,1-3H3. The van der Waals surface area contributed by atoms with Crippen molar-refractivity contribution in [3.05, 3.63) is 41.5 Å². The van der Waals surface area contributed by atoms with Gasteiger partial charge in [0.1, 0.15) is 17.0 Å². The van der Waals surface area contributed by atoms with E-state index >= 15 is 0 Å². The van der Waals surface area contributed by atoms with Crippen molar-refractivity contribution >= 4 is 27.4 Å². The topological polar surface area (TPSA) is 49.2 Å². The Morgan fingerprint density at radius 1 is 1.17 bits per heavy atom. The van der Waals surface area contributed by atoms with Gasteiger partial charge >= 0.3 is 0 Å². The van der Waals surface area contributed by atoms with Crippen LogP contribution in [0, 0.1) is 0 Å². The lowest BCUT2D eigenvalue weighted by Gasteiger charge is -2.18. The number of hydrogen-bond donors (Lipinski definition) is 1. The summed E-state index contributed by atoms with van der Waals surface area (Å²) in [5.41, 5.74) is 3.66. The number of fused-ring (bicyclic) bond motifs is 1. The zero-order valence-corrected chi connectivity index (χ0v) is 14.5. The number of thiophene rings is 1. The van der Waals surface area contributed by atoms with Crippen LogP contribution < -0.4 is 4.90 Å². The molecule has 120 valence electrons. The van der Waals surface area contributed by atoms with Gasteiger partial charge in [0.05, 0.1) is 12.0 Å². The summed E-state index contributed by atoms with van der Waals surface area (Å²) in [4.78, 5) is 11.8. The Hall–Kier alpha value is -1.98. The van der Waals surface area contributed by atoms with Gasteiger partial charge in [0.15, 0.2) is 0 Å². The van der Waals surface area contributed by atoms with Crippen LogP contribution in [0.25, 0.3) is 21.3 Å². The highest BCUT2D eigenvalue weighted by Crippen LogP contribution is 2.37. The van der Waals surface area contributed by atoms with E-state index in [0.717, 1.165) is 21.6 Å². The fourth-order valence-electron chi connectivity index (χ4n) is 2.66. The molecule has 0 unspecified atom stereocenters. The Morgan fingerprint density at radius 3 is 2.57 bits per heavy atom. The van der Waals surface area contributed by atoms with E-state index in [9.17, 15) is 5.11 Å². The van der Waals surface area contributed by atoms with Crippen molar-refractivity contribution in [1.29, 1.82) is 0 Å². The summed E-state index contributed by atoms with van der Waals surface area (Å²) in [7, 11) is 1.95. The molecule has 23 heavy (non-hydrogen) atoms. The lowest BCUT2D eigenvalue weighted by molar-refractivity contribution is 0.304. The van der Waals surface area contributed by atoms with Crippen LogP contribution in [0.2, 0.25) is 0 Å². The molecule has 5 heteroatoms. The van der Waals surface area contributed by atoms with Gasteiger partial charge in [-0.3, -0.25) is 0 Å². The fourth-order valence-corrected chi connectivity index (χ4v) is 3.58. The molecule has 0 bridgehead atoms. The number of likely N-dealkylation sites (N-methyl/N-ethyl adjacent to an activating group) is 1. The van der Waals surface area contributed by atoms with Crippen molar-refractivity contribution in [3.8, 4) is 11.1 Å². The van der Waals surface area contributed by atoms with Gasteiger partial charge in [0.25, 0.3) is 0 Å². The number of nitrogens with zero attached hydrogens (tertiary/aromatic N) is 3. The molecule has 0 aliphatic rings. The van der Waals surface area contributed by atoms with Crippen LogP contribution in [0.3, 0.4) is 0 Å². The third-order valence-electron chi connectivity index (χ3n) is 4.04. The predicted molar refractivity (Wildman–Crippen MR) is 97.3 cm³/mol. The van der Waals surface area contributed by atoms with Crippen molar-refractivity contribution in [2.24, 2.45) is 0 Å². The van der Waals surface area contributed by atoms with Gasteiger partial charge < -0.3 is 10.0 Å². The Labute approximate surface area is 140 Å². The first-order chi connectivity index (χ1) is 11.1. The zero-order valence-electron chi connectivity index (χ0n) is 13.7. The molecule has 3 rings (SSSR count). The normalized spacial score (nSPS) is 11.3. The van der Waals surface area contributed by atoms with Gasteiger partial charge in [-0.25, -0.2) is 9.97 Å². The summed E-state index contributed by atoms with van der Waals surface area (Å²) < 4.78 is 0. The molecule has 2 heterocycles. The molecule has 3 aromatic rings. The van der Waals surface area contributed by atoms with Gasteiger partial charge in [-0.2, -0.15) is 0 Å². The third-order valence-corrected chi connectivity index (χ3v) is 4.92. The Balaban J connectivity index is 2.10. The SMILES string of the molecule is CC(C)c1ccc(-c2csc3ncnc(N(C)CCO)c23)cc1. The van der Waals surface area contributed by atoms with Gasteiger partial charge in [0, 0.05) is 24.5 Å². The van der Waals surface area contributed by atoms with Crippen molar-refractivity contribution in [3.63, 3.8) is 0 Å². The van der Waals surface area contributed by atoms with Gasteiger partial charge in [0.2, 0.25) is 0 Å². The van der Waals surface area contributed by atoms with E-state index in [-0.39, 0.29) is 6.61 Å². The van der Waals surface area contributed by atoms with E-state index in [4.69, 9.17) is 0 Å². The fraction of sp³-hybridized carbons (Fsp3) is 0.333. The number of aromatic nitrogens is 2.